The monoisotopic (exact) mass is 514 g/mol. The van der Waals surface area contributed by atoms with Crippen molar-refractivity contribution in [2.75, 3.05) is 26.8 Å². The molecule has 1 saturated carbocycles. The zero-order valence-corrected chi connectivity index (χ0v) is 21.5. The molecule has 0 aromatic heterocycles. The number of hydrogen-bond donors (Lipinski definition) is 3. The van der Waals surface area contributed by atoms with Gasteiger partial charge in [0.2, 0.25) is 5.91 Å². The van der Waals surface area contributed by atoms with Gasteiger partial charge in [0.25, 0.3) is 0 Å². The first-order valence-electron chi connectivity index (χ1n) is 13.3. The number of halogens is 1. The Morgan fingerprint density at radius 1 is 1.16 bits per heavy atom. The largest absolute Gasteiger partial charge is 0.457 e. The lowest BCUT2D eigenvalue weighted by Gasteiger charge is -2.44. The third-order valence-corrected chi connectivity index (χ3v) is 7.89. The number of ether oxygens (including phenoxy) is 2. The molecule has 0 bridgehead atoms. The van der Waals surface area contributed by atoms with Crippen molar-refractivity contribution in [3.63, 3.8) is 0 Å². The zero-order valence-electron chi connectivity index (χ0n) is 21.5. The third kappa shape index (κ3) is 6.49. The number of para-hydroxylation sites is 1. The van der Waals surface area contributed by atoms with Gasteiger partial charge < -0.3 is 30.3 Å². The van der Waals surface area contributed by atoms with Crippen LogP contribution in [0.25, 0.3) is 0 Å². The molecule has 1 aliphatic carbocycles. The van der Waals surface area contributed by atoms with Gasteiger partial charge in [0.1, 0.15) is 17.3 Å². The van der Waals surface area contributed by atoms with Crippen LogP contribution in [0.5, 0.6) is 11.5 Å². The van der Waals surface area contributed by atoms with Crippen LogP contribution in [0.15, 0.2) is 48.5 Å². The fourth-order valence-electron chi connectivity index (χ4n) is 5.82. The van der Waals surface area contributed by atoms with Gasteiger partial charge in [-0.25, -0.2) is 4.39 Å². The lowest BCUT2D eigenvalue weighted by Crippen LogP contribution is -2.49. The summed E-state index contributed by atoms with van der Waals surface area (Å²) in [6.45, 7) is 1.65. The second-order valence-electron chi connectivity index (χ2n) is 10.4. The van der Waals surface area contributed by atoms with E-state index < -0.39 is 11.7 Å². The standard InChI is InChI=1S/C29H39FN2O5/c1-36-16-5-4-14-29(35,24-8-2-3-9-27(24)37-23-12-10-22(30)11-13-23)21-7-6-15-32(19-21)28(34)20-17-25(31)26(33)18-20/h2-3,8-13,20-21,25-26,33,35H,4-7,14-19,31H2,1H3/t20-,21?,25+,26-,29-/m0/s1. The predicted molar refractivity (Wildman–Crippen MR) is 139 cm³/mol. The average molecular weight is 515 g/mol. The lowest BCUT2D eigenvalue weighted by atomic mass is 9.73. The van der Waals surface area contributed by atoms with Gasteiger partial charge in [-0.3, -0.25) is 4.79 Å². The Kier molecular flexibility index (Phi) is 9.18. The number of unbranched alkanes of at least 4 members (excludes halogenated alkanes) is 1. The number of piperidine rings is 1. The van der Waals surface area contributed by atoms with E-state index in [2.05, 4.69) is 0 Å². The summed E-state index contributed by atoms with van der Waals surface area (Å²) in [7, 11) is 1.66. The molecule has 5 atom stereocenters. The number of benzene rings is 2. The van der Waals surface area contributed by atoms with Gasteiger partial charge >= 0.3 is 0 Å². The number of carbonyl (C=O) groups is 1. The number of nitrogens with zero attached hydrogens (tertiary/aromatic N) is 1. The molecule has 4 N–H and O–H groups in total. The minimum absolute atomic E-state index is 0.00859. The molecule has 8 heteroatoms. The highest BCUT2D eigenvalue weighted by atomic mass is 19.1. The number of carbonyl (C=O) groups excluding carboxylic acids is 1. The Hall–Kier alpha value is -2.52. The minimum atomic E-state index is -1.24. The molecule has 0 spiro atoms. The van der Waals surface area contributed by atoms with E-state index in [1.807, 2.05) is 29.2 Å². The number of methoxy groups -OCH3 is 1. The number of hydrogen-bond acceptors (Lipinski definition) is 6. The first kappa shape index (κ1) is 27.5. The maximum atomic E-state index is 13.4. The van der Waals surface area contributed by atoms with E-state index >= 15 is 0 Å². The Bertz CT molecular complexity index is 1030. The molecule has 1 heterocycles. The number of aliphatic hydroxyl groups excluding tert-OH is 1. The van der Waals surface area contributed by atoms with Crippen LogP contribution in [0.3, 0.4) is 0 Å². The van der Waals surface area contributed by atoms with Crippen molar-refractivity contribution in [1.29, 1.82) is 0 Å². The van der Waals surface area contributed by atoms with Crippen molar-refractivity contribution in [2.45, 2.75) is 62.7 Å². The van der Waals surface area contributed by atoms with Crippen molar-refractivity contribution in [3.8, 4) is 11.5 Å². The van der Waals surface area contributed by atoms with E-state index in [9.17, 15) is 19.4 Å². The van der Waals surface area contributed by atoms with Crippen LogP contribution in [-0.4, -0.2) is 60.0 Å². The van der Waals surface area contributed by atoms with Gasteiger partial charge in [0.15, 0.2) is 0 Å². The van der Waals surface area contributed by atoms with E-state index in [1.165, 1.54) is 12.1 Å². The molecule has 1 unspecified atom stereocenters. The molecule has 2 aromatic carbocycles. The molecule has 2 aromatic rings. The number of likely N-dealkylation sites (tertiary alicyclic amines) is 1. The van der Waals surface area contributed by atoms with Crippen LogP contribution in [0.4, 0.5) is 4.39 Å². The van der Waals surface area contributed by atoms with Gasteiger partial charge in [0, 0.05) is 50.2 Å². The Morgan fingerprint density at radius 2 is 1.92 bits per heavy atom. The van der Waals surface area contributed by atoms with E-state index in [0.29, 0.717) is 56.0 Å². The van der Waals surface area contributed by atoms with E-state index in [4.69, 9.17) is 15.2 Å². The van der Waals surface area contributed by atoms with E-state index in [0.717, 1.165) is 25.7 Å². The Balaban J connectivity index is 1.59. The first-order valence-corrected chi connectivity index (χ1v) is 13.3. The normalized spacial score (nSPS) is 25.6. The van der Waals surface area contributed by atoms with Crippen molar-refractivity contribution in [2.24, 2.45) is 17.6 Å². The summed E-state index contributed by atoms with van der Waals surface area (Å²) >= 11 is 0. The van der Waals surface area contributed by atoms with Crippen molar-refractivity contribution in [1.82, 2.24) is 4.90 Å². The van der Waals surface area contributed by atoms with E-state index in [1.54, 1.807) is 19.2 Å². The fourth-order valence-corrected chi connectivity index (χ4v) is 5.82. The maximum absolute atomic E-state index is 13.4. The number of rotatable bonds is 10. The summed E-state index contributed by atoms with van der Waals surface area (Å²) in [6, 6.07) is 12.8. The zero-order chi connectivity index (χ0) is 26.4. The molecule has 4 rings (SSSR count). The van der Waals surface area contributed by atoms with Crippen LogP contribution >= 0.6 is 0 Å². The van der Waals surface area contributed by atoms with Crippen molar-refractivity contribution < 1.29 is 28.9 Å². The predicted octanol–water partition coefficient (Wildman–Crippen LogP) is 3.96. The summed E-state index contributed by atoms with van der Waals surface area (Å²) in [6.07, 6.45) is 3.79. The molecule has 2 aliphatic rings. The van der Waals surface area contributed by atoms with Gasteiger partial charge in [0.05, 0.1) is 11.7 Å². The third-order valence-electron chi connectivity index (χ3n) is 7.89. The molecule has 1 saturated heterocycles. The highest BCUT2D eigenvalue weighted by molar-refractivity contribution is 5.79. The quantitative estimate of drug-likeness (QED) is 0.415. The minimum Gasteiger partial charge on any atom is -0.457 e. The van der Waals surface area contributed by atoms with Gasteiger partial charge in [-0.2, -0.15) is 0 Å². The summed E-state index contributed by atoms with van der Waals surface area (Å²) < 4.78 is 24.8. The lowest BCUT2D eigenvalue weighted by molar-refractivity contribution is -0.141. The summed E-state index contributed by atoms with van der Waals surface area (Å²) in [5.41, 5.74) is 5.39. The topological polar surface area (TPSA) is 105 Å². The molecule has 7 nitrogen and oxygen atoms in total. The summed E-state index contributed by atoms with van der Waals surface area (Å²) in [4.78, 5) is 15.2. The van der Waals surface area contributed by atoms with Gasteiger partial charge in [-0.15, -0.1) is 0 Å². The van der Waals surface area contributed by atoms with Crippen LogP contribution in [0.2, 0.25) is 0 Å². The van der Waals surface area contributed by atoms with Crippen LogP contribution in [-0.2, 0) is 15.1 Å². The second-order valence-corrected chi connectivity index (χ2v) is 10.4. The molecule has 0 radical (unpaired) electrons. The Morgan fingerprint density at radius 3 is 2.62 bits per heavy atom. The second kappa shape index (κ2) is 12.3. The summed E-state index contributed by atoms with van der Waals surface area (Å²) in [5, 5.41) is 22.5. The molecule has 2 fully saturated rings. The highest BCUT2D eigenvalue weighted by Crippen LogP contribution is 2.44. The van der Waals surface area contributed by atoms with Gasteiger partial charge in [-0.1, -0.05) is 18.2 Å². The van der Waals surface area contributed by atoms with E-state index in [-0.39, 0.29) is 29.6 Å². The number of nitrogens with two attached hydrogens (primary N) is 1. The molecule has 37 heavy (non-hydrogen) atoms. The Labute approximate surface area is 218 Å². The smallest absolute Gasteiger partial charge is 0.225 e. The van der Waals surface area contributed by atoms with Crippen molar-refractivity contribution >= 4 is 5.91 Å². The van der Waals surface area contributed by atoms with Gasteiger partial charge in [-0.05, 0) is 75.3 Å². The van der Waals surface area contributed by atoms with Crippen LogP contribution in [0.1, 0.15) is 50.5 Å². The maximum Gasteiger partial charge on any atom is 0.225 e. The molecule has 202 valence electrons. The molecular weight excluding hydrogens is 475 g/mol. The molecular formula is C29H39FN2O5. The van der Waals surface area contributed by atoms with Crippen LogP contribution < -0.4 is 10.5 Å². The highest BCUT2D eigenvalue weighted by Gasteiger charge is 2.44. The SMILES string of the molecule is COCCCC[C@@](O)(c1ccccc1Oc1ccc(F)cc1)C1CCCN(C(=O)[C@H]2C[C@@H](N)[C@@H](O)C2)C1. The molecule has 1 aliphatic heterocycles. The van der Waals surface area contributed by atoms with Crippen molar-refractivity contribution in [3.05, 3.63) is 59.9 Å². The average Bonchev–Trinajstić information content (AvgIpc) is 3.25. The van der Waals surface area contributed by atoms with Crippen LogP contribution in [0, 0.1) is 17.7 Å². The number of aliphatic hydroxyl groups is 2. The summed E-state index contributed by atoms with van der Waals surface area (Å²) in [5.74, 6) is 0.162. The first-order chi connectivity index (χ1) is 17.8. The fraction of sp³-hybridized carbons (Fsp3) is 0.552. The number of amides is 1. The molecule has 1 amide bonds.